The minimum absolute atomic E-state index is 0.0654. The van der Waals surface area contributed by atoms with Crippen LogP contribution in [0, 0.1) is 28.8 Å². The molecule has 116 valence electrons. The lowest BCUT2D eigenvalue weighted by atomic mass is 10.1. The Bertz CT molecular complexity index is 675. The number of benzene rings is 1. The summed E-state index contributed by atoms with van der Waals surface area (Å²) >= 11 is 0. The van der Waals surface area contributed by atoms with E-state index in [2.05, 4.69) is 4.72 Å². The van der Waals surface area contributed by atoms with E-state index in [4.69, 9.17) is 0 Å². The number of hydrogen-bond acceptors (Lipinski definition) is 4. The Balaban J connectivity index is 2.34. The summed E-state index contributed by atoms with van der Waals surface area (Å²) < 4.78 is 40.7. The van der Waals surface area contributed by atoms with Gasteiger partial charge in [0.1, 0.15) is 0 Å². The van der Waals surface area contributed by atoms with Gasteiger partial charge in [-0.05, 0) is 43.7 Å². The Hall–Kier alpha value is -1.54. The highest BCUT2D eigenvalue weighted by Crippen LogP contribution is 2.28. The molecule has 0 bridgehead atoms. The van der Waals surface area contributed by atoms with E-state index in [1.165, 1.54) is 6.92 Å². The van der Waals surface area contributed by atoms with Crippen molar-refractivity contribution in [3.8, 4) is 0 Å². The van der Waals surface area contributed by atoms with Crippen LogP contribution in [0.3, 0.4) is 0 Å². The first-order chi connectivity index (χ1) is 9.70. The normalized spacial score (nSPS) is 22.4. The summed E-state index contributed by atoms with van der Waals surface area (Å²) in [7, 11) is -3.88. The van der Waals surface area contributed by atoms with Gasteiger partial charge in [-0.15, -0.1) is 0 Å². The van der Waals surface area contributed by atoms with Crippen molar-refractivity contribution in [3.05, 3.63) is 33.6 Å². The van der Waals surface area contributed by atoms with Gasteiger partial charge in [-0.2, -0.15) is 4.39 Å². The molecule has 21 heavy (non-hydrogen) atoms. The Morgan fingerprint density at radius 2 is 2.05 bits per heavy atom. The average molecular weight is 316 g/mol. The number of nitrogens with zero attached hydrogens (tertiary/aromatic N) is 1. The van der Waals surface area contributed by atoms with E-state index in [1.807, 2.05) is 6.92 Å². The van der Waals surface area contributed by atoms with Crippen LogP contribution >= 0.6 is 0 Å². The first-order valence-corrected chi connectivity index (χ1v) is 8.16. The van der Waals surface area contributed by atoms with Crippen molar-refractivity contribution < 1.29 is 17.7 Å². The zero-order chi connectivity index (χ0) is 15.8. The fraction of sp³-hybridized carbons (Fsp3) is 0.538. The number of aryl methyl sites for hydroxylation is 1. The van der Waals surface area contributed by atoms with E-state index in [0.29, 0.717) is 5.92 Å². The van der Waals surface area contributed by atoms with E-state index >= 15 is 0 Å². The Labute approximate surface area is 122 Å². The van der Waals surface area contributed by atoms with Gasteiger partial charge < -0.3 is 0 Å². The van der Waals surface area contributed by atoms with E-state index in [0.717, 1.165) is 31.4 Å². The molecule has 8 heteroatoms. The lowest BCUT2D eigenvalue weighted by molar-refractivity contribution is -0.387. The van der Waals surface area contributed by atoms with Gasteiger partial charge in [0.25, 0.3) is 0 Å². The number of rotatable bonds is 4. The average Bonchev–Trinajstić information content (AvgIpc) is 2.76. The highest BCUT2D eigenvalue weighted by atomic mass is 32.2. The first kappa shape index (κ1) is 15.8. The molecule has 0 spiro atoms. The second-order valence-electron chi connectivity index (χ2n) is 5.57. The molecule has 6 nitrogen and oxygen atoms in total. The number of halogens is 1. The minimum atomic E-state index is -3.88. The molecule has 0 amide bonds. The molecule has 0 aromatic heterocycles. The molecule has 1 aliphatic carbocycles. The molecule has 1 N–H and O–H groups in total. The van der Waals surface area contributed by atoms with Crippen molar-refractivity contribution >= 4 is 15.7 Å². The van der Waals surface area contributed by atoms with E-state index in [1.54, 1.807) is 0 Å². The summed E-state index contributed by atoms with van der Waals surface area (Å²) in [5.74, 6) is -0.560. The highest BCUT2D eigenvalue weighted by molar-refractivity contribution is 7.89. The predicted octanol–water partition coefficient (Wildman–Crippen LogP) is 2.51. The van der Waals surface area contributed by atoms with Crippen LogP contribution in [-0.4, -0.2) is 19.4 Å². The quantitative estimate of drug-likeness (QED) is 0.682. The largest absolute Gasteiger partial charge is 0.306 e. The molecular weight excluding hydrogens is 299 g/mol. The maximum atomic E-state index is 13.6. The summed E-state index contributed by atoms with van der Waals surface area (Å²) in [6.45, 7) is 3.35. The second-order valence-corrected chi connectivity index (χ2v) is 7.28. The molecule has 0 heterocycles. The molecule has 1 saturated carbocycles. The van der Waals surface area contributed by atoms with Crippen LogP contribution in [0.4, 0.5) is 10.1 Å². The van der Waals surface area contributed by atoms with Crippen LogP contribution in [0.2, 0.25) is 0 Å². The van der Waals surface area contributed by atoms with Crippen molar-refractivity contribution in [1.82, 2.24) is 4.72 Å². The number of nitrogens with one attached hydrogen (secondary N) is 1. The SMILES string of the molecule is Cc1cc(S(=O)(=O)NC2CCC(C)C2)cc([N+](=O)[O-])c1F. The Morgan fingerprint density at radius 1 is 1.38 bits per heavy atom. The van der Waals surface area contributed by atoms with Crippen molar-refractivity contribution in [3.63, 3.8) is 0 Å². The maximum absolute atomic E-state index is 13.6. The van der Waals surface area contributed by atoms with Crippen LogP contribution in [0.15, 0.2) is 17.0 Å². The smallest absolute Gasteiger partial charge is 0.258 e. The monoisotopic (exact) mass is 316 g/mol. The Kier molecular flexibility index (Phi) is 4.29. The first-order valence-electron chi connectivity index (χ1n) is 6.67. The molecule has 0 aliphatic heterocycles. The van der Waals surface area contributed by atoms with Crippen molar-refractivity contribution in [2.24, 2.45) is 5.92 Å². The van der Waals surface area contributed by atoms with Gasteiger partial charge in [0.2, 0.25) is 15.8 Å². The van der Waals surface area contributed by atoms with Crippen LogP contribution in [0.25, 0.3) is 0 Å². The van der Waals surface area contributed by atoms with Gasteiger partial charge in [0.15, 0.2) is 0 Å². The van der Waals surface area contributed by atoms with Crippen molar-refractivity contribution in [2.75, 3.05) is 0 Å². The van der Waals surface area contributed by atoms with Gasteiger partial charge >= 0.3 is 5.69 Å². The third-order valence-electron chi connectivity index (χ3n) is 3.73. The number of sulfonamides is 1. The zero-order valence-electron chi connectivity index (χ0n) is 11.8. The summed E-state index contributed by atoms with van der Waals surface area (Å²) in [4.78, 5) is 9.60. The lowest BCUT2D eigenvalue weighted by Gasteiger charge is -2.13. The minimum Gasteiger partial charge on any atom is -0.258 e. The molecule has 1 aromatic carbocycles. The molecule has 2 rings (SSSR count). The van der Waals surface area contributed by atoms with Crippen molar-refractivity contribution in [2.45, 2.75) is 44.0 Å². The van der Waals surface area contributed by atoms with Gasteiger partial charge in [0.05, 0.1) is 9.82 Å². The third-order valence-corrected chi connectivity index (χ3v) is 5.23. The second kappa shape index (κ2) is 5.69. The Morgan fingerprint density at radius 3 is 2.57 bits per heavy atom. The highest BCUT2D eigenvalue weighted by Gasteiger charge is 2.29. The standard InChI is InChI=1S/C13H17FN2O4S/c1-8-3-4-10(5-8)15-21(19,20)11-6-9(2)13(14)12(7-11)16(17)18/h6-8,10,15H,3-5H2,1-2H3. The third kappa shape index (κ3) is 3.38. The van der Waals surface area contributed by atoms with Gasteiger partial charge in [0, 0.05) is 12.1 Å². The van der Waals surface area contributed by atoms with Gasteiger partial charge in [-0.25, -0.2) is 13.1 Å². The number of nitro benzene ring substituents is 1. The number of nitro groups is 1. The molecule has 1 aliphatic rings. The fourth-order valence-electron chi connectivity index (χ4n) is 2.61. The number of hydrogen-bond donors (Lipinski definition) is 1. The molecule has 2 atom stereocenters. The predicted molar refractivity (Wildman–Crippen MR) is 74.9 cm³/mol. The van der Waals surface area contributed by atoms with Crippen molar-refractivity contribution in [1.29, 1.82) is 0 Å². The van der Waals surface area contributed by atoms with E-state index in [-0.39, 0.29) is 16.5 Å². The lowest BCUT2D eigenvalue weighted by Crippen LogP contribution is -2.33. The van der Waals surface area contributed by atoms with E-state index in [9.17, 15) is 22.9 Å². The topological polar surface area (TPSA) is 89.3 Å². The molecule has 1 aromatic rings. The summed E-state index contributed by atoms with van der Waals surface area (Å²) in [6.07, 6.45) is 2.42. The van der Waals surface area contributed by atoms with Crippen LogP contribution in [-0.2, 0) is 10.0 Å². The van der Waals surface area contributed by atoms with Gasteiger partial charge in [-0.3, -0.25) is 10.1 Å². The maximum Gasteiger partial charge on any atom is 0.306 e. The molecule has 2 unspecified atom stereocenters. The fourth-order valence-corrected chi connectivity index (χ4v) is 4.00. The summed E-state index contributed by atoms with van der Waals surface area (Å²) in [5, 5.41) is 10.8. The molecule has 1 fully saturated rings. The van der Waals surface area contributed by atoms with Crippen LogP contribution in [0.5, 0.6) is 0 Å². The van der Waals surface area contributed by atoms with Crippen LogP contribution in [0.1, 0.15) is 31.7 Å². The molecule has 0 saturated heterocycles. The molecule has 0 radical (unpaired) electrons. The van der Waals surface area contributed by atoms with Gasteiger partial charge in [-0.1, -0.05) is 6.92 Å². The summed E-state index contributed by atoms with van der Waals surface area (Å²) in [5.41, 5.74) is -0.889. The van der Waals surface area contributed by atoms with Crippen LogP contribution < -0.4 is 4.72 Å². The van der Waals surface area contributed by atoms with E-state index < -0.39 is 26.5 Å². The summed E-state index contributed by atoms with van der Waals surface area (Å²) in [6, 6.07) is 1.71. The zero-order valence-corrected chi connectivity index (χ0v) is 12.6. The molecular formula is C13H17FN2O4S.